The number of nitrogens with zero attached hydrogens (tertiary/aromatic N) is 3. The minimum atomic E-state index is -3.52. The van der Waals surface area contributed by atoms with Crippen LogP contribution in [0.2, 0.25) is 0 Å². The van der Waals surface area contributed by atoms with Crippen LogP contribution in [0.4, 0.5) is 9.80 Å². The Morgan fingerprint density at radius 3 is 2.09 bits per heavy atom. The number of urea groups is 1. The number of piperidine rings is 1. The molecule has 1 aromatic rings. The number of sulfonamides is 1. The average Bonchev–Trinajstić information content (AvgIpc) is 3.02. The molecule has 3 aliphatic heterocycles. The third-order valence-corrected chi connectivity index (χ3v) is 10.3. The normalized spacial score (nSPS) is 23.6. The fourth-order valence-electron chi connectivity index (χ4n) is 5.03. The van der Waals surface area contributed by atoms with Crippen LogP contribution in [0.5, 0.6) is 0 Å². The van der Waals surface area contributed by atoms with E-state index in [0.717, 1.165) is 75.8 Å². The highest BCUT2D eigenvalue weighted by molar-refractivity contribution is 7.91. The molecule has 0 radical (unpaired) electrons. The molecule has 184 valence electrons. The highest BCUT2D eigenvalue weighted by Gasteiger charge is 2.32. The van der Waals surface area contributed by atoms with E-state index >= 15 is 0 Å². The molecule has 0 spiro atoms. The lowest BCUT2D eigenvalue weighted by Gasteiger charge is -2.34. The molecule has 1 aromatic heterocycles. The second-order valence-corrected chi connectivity index (χ2v) is 12.6. The largest absolute Gasteiger partial charge is 0.342 e. The van der Waals surface area contributed by atoms with Crippen molar-refractivity contribution in [2.24, 2.45) is 5.92 Å². The van der Waals surface area contributed by atoms with Gasteiger partial charge >= 0.3 is 6.03 Å². The lowest BCUT2D eigenvalue weighted by atomic mass is 9.96. The highest BCUT2D eigenvalue weighted by atomic mass is 32.2. The molecule has 0 unspecified atom stereocenters. The standard InChI is InChI=1S/C23H36N4O4S2/c28-22(25-13-5-1-2-6-14-25)19-10-9-15-26(18-19)23(29)24-20-11-12-21(32-20)33(30,31)27-16-7-3-4-8-17-27/h11-12,19H,1-10,13-18H2,(H,24,29)/t19-/m0/s1. The summed E-state index contributed by atoms with van der Waals surface area (Å²) in [7, 11) is -3.52. The number of carbonyl (C=O) groups excluding carboxylic acids is 2. The van der Waals surface area contributed by atoms with Gasteiger partial charge in [-0.15, -0.1) is 11.3 Å². The number of hydrogen-bond donors (Lipinski definition) is 1. The molecule has 10 heteroatoms. The van der Waals surface area contributed by atoms with Crippen LogP contribution >= 0.6 is 11.3 Å². The molecule has 4 heterocycles. The van der Waals surface area contributed by atoms with Crippen molar-refractivity contribution in [3.8, 4) is 0 Å². The van der Waals surface area contributed by atoms with E-state index in [0.29, 0.717) is 31.2 Å². The number of anilines is 1. The second-order valence-electron chi connectivity index (χ2n) is 9.39. The molecule has 0 aliphatic carbocycles. The zero-order chi connectivity index (χ0) is 23.3. The zero-order valence-corrected chi connectivity index (χ0v) is 21.0. The quantitative estimate of drug-likeness (QED) is 0.683. The molecule has 33 heavy (non-hydrogen) atoms. The first-order valence-corrected chi connectivity index (χ1v) is 14.7. The van der Waals surface area contributed by atoms with Gasteiger partial charge in [0, 0.05) is 39.3 Å². The minimum absolute atomic E-state index is 0.148. The number of hydrogen-bond acceptors (Lipinski definition) is 5. The van der Waals surface area contributed by atoms with E-state index in [1.165, 1.54) is 12.8 Å². The third-order valence-electron chi connectivity index (χ3n) is 6.95. The van der Waals surface area contributed by atoms with Crippen molar-refractivity contribution in [2.75, 3.05) is 44.6 Å². The van der Waals surface area contributed by atoms with Crippen LogP contribution in [0.25, 0.3) is 0 Å². The lowest BCUT2D eigenvalue weighted by molar-refractivity contribution is -0.136. The molecule has 0 saturated carbocycles. The molecule has 0 bridgehead atoms. The number of thiophene rings is 1. The summed E-state index contributed by atoms with van der Waals surface area (Å²) in [5.74, 6) is 0.0289. The Labute approximate surface area is 201 Å². The molecule has 3 saturated heterocycles. The van der Waals surface area contributed by atoms with Gasteiger partial charge in [0.2, 0.25) is 5.91 Å². The van der Waals surface area contributed by atoms with E-state index in [2.05, 4.69) is 5.32 Å². The Morgan fingerprint density at radius 1 is 0.818 bits per heavy atom. The van der Waals surface area contributed by atoms with Gasteiger partial charge in [0.25, 0.3) is 10.0 Å². The number of likely N-dealkylation sites (tertiary alicyclic amines) is 2. The molecule has 8 nitrogen and oxygen atoms in total. The van der Waals surface area contributed by atoms with Gasteiger partial charge in [-0.3, -0.25) is 10.1 Å². The fourth-order valence-corrected chi connectivity index (χ4v) is 7.90. The molecule has 1 N–H and O–H groups in total. The van der Waals surface area contributed by atoms with Crippen LogP contribution in [-0.4, -0.2) is 73.7 Å². The summed E-state index contributed by atoms with van der Waals surface area (Å²) in [5.41, 5.74) is 0. The number of nitrogens with one attached hydrogen (secondary N) is 1. The summed E-state index contributed by atoms with van der Waals surface area (Å²) in [6, 6.07) is 2.99. The van der Waals surface area contributed by atoms with Crippen LogP contribution < -0.4 is 5.32 Å². The molecule has 4 rings (SSSR count). The van der Waals surface area contributed by atoms with Crippen LogP contribution in [0.15, 0.2) is 16.3 Å². The second kappa shape index (κ2) is 11.2. The van der Waals surface area contributed by atoms with Gasteiger partial charge in [0.05, 0.1) is 10.9 Å². The number of carbonyl (C=O) groups is 2. The molecule has 3 amide bonds. The maximum absolute atomic E-state index is 13.0. The number of rotatable bonds is 4. The van der Waals surface area contributed by atoms with Gasteiger partial charge in [-0.2, -0.15) is 4.31 Å². The maximum Gasteiger partial charge on any atom is 0.322 e. The van der Waals surface area contributed by atoms with E-state index in [1.807, 2.05) is 4.90 Å². The van der Waals surface area contributed by atoms with Gasteiger partial charge in [-0.1, -0.05) is 25.7 Å². The Kier molecular flexibility index (Phi) is 8.29. The SMILES string of the molecule is O=C(Nc1ccc(S(=O)(=O)N2CCCCCC2)s1)N1CCC[C@H](C(=O)N2CCCCCC2)C1. The molecule has 0 aromatic carbocycles. The van der Waals surface area contributed by atoms with Crippen LogP contribution in [0.3, 0.4) is 0 Å². The first-order valence-electron chi connectivity index (χ1n) is 12.4. The summed E-state index contributed by atoms with van der Waals surface area (Å²) in [5, 5.41) is 3.39. The van der Waals surface area contributed by atoms with E-state index in [-0.39, 0.29) is 22.1 Å². The topological polar surface area (TPSA) is 90.0 Å². The average molecular weight is 497 g/mol. The third kappa shape index (κ3) is 6.08. The van der Waals surface area contributed by atoms with Crippen molar-refractivity contribution in [1.82, 2.24) is 14.1 Å². The fraction of sp³-hybridized carbons (Fsp3) is 0.739. The summed E-state index contributed by atoms with van der Waals surface area (Å²) in [6.07, 6.45) is 10.0. The Balaban J connectivity index is 1.35. The van der Waals surface area contributed by atoms with E-state index in [9.17, 15) is 18.0 Å². The first-order chi connectivity index (χ1) is 15.9. The van der Waals surface area contributed by atoms with Crippen molar-refractivity contribution in [1.29, 1.82) is 0 Å². The Morgan fingerprint density at radius 2 is 1.42 bits per heavy atom. The summed E-state index contributed by atoms with van der Waals surface area (Å²) < 4.78 is 27.9. The van der Waals surface area contributed by atoms with Gasteiger partial charge in [0.1, 0.15) is 4.21 Å². The van der Waals surface area contributed by atoms with E-state index < -0.39 is 10.0 Å². The monoisotopic (exact) mass is 496 g/mol. The van der Waals surface area contributed by atoms with Crippen LogP contribution in [-0.2, 0) is 14.8 Å². The molecule has 1 atom stereocenters. The summed E-state index contributed by atoms with van der Waals surface area (Å²) in [4.78, 5) is 29.6. The van der Waals surface area contributed by atoms with Gasteiger partial charge in [0.15, 0.2) is 0 Å². The molecular weight excluding hydrogens is 460 g/mol. The predicted octanol–water partition coefficient (Wildman–Crippen LogP) is 3.96. The smallest absolute Gasteiger partial charge is 0.322 e. The Bertz CT molecular complexity index is 917. The van der Waals surface area contributed by atoms with E-state index in [1.54, 1.807) is 21.3 Å². The van der Waals surface area contributed by atoms with Crippen molar-refractivity contribution < 1.29 is 18.0 Å². The summed E-state index contributed by atoms with van der Waals surface area (Å²) >= 11 is 1.10. The van der Waals surface area contributed by atoms with Crippen molar-refractivity contribution in [3.63, 3.8) is 0 Å². The van der Waals surface area contributed by atoms with Crippen molar-refractivity contribution in [3.05, 3.63) is 12.1 Å². The van der Waals surface area contributed by atoms with Crippen molar-refractivity contribution >= 4 is 38.3 Å². The van der Waals surface area contributed by atoms with Gasteiger partial charge < -0.3 is 9.80 Å². The minimum Gasteiger partial charge on any atom is -0.342 e. The molecular formula is C23H36N4O4S2. The predicted molar refractivity (Wildman–Crippen MR) is 130 cm³/mol. The Hall–Kier alpha value is -1.65. The zero-order valence-electron chi connectivity index (χ0n) is 19.3. The number of amides is 3. The summed E-state index contributed by atoms with van der Waals surface area (Å²) in [6.45, 7) is 3.80. The van der Waals surface area contributed by atoms with Crippen molar-refractivity contribution in [2.45, 2.75) is 68.4 Å². The first kappa shape index (κ1) is 24.5. The maximum atomic E-state index is 13.0. The highest BCUT2D eigenvalue weighted by Crippen LogP contribution is 2.30. The lowest BCUT2D eigenvalue weighted by Crippen LogP contribution is -2.48. The van der Waals surface area contributed by atoms with Gasteiger partial charge in [-0.25, -0.2) is 13.2 Å². The van der Waals surface area contributed by atoms with Crippen LogP contribution in [0.1, 0.15) is 64.2 Å². The molecule has 3 fully saturated rings. The van der Waals surface area contributed by atoms with Crippen LogP contribution in [0, 0.1) is 5.92 Å². The molecule has 3 aliphatic rings. The van der Waals surface area contributed by atoms with Gasteiger partial charge in [-0.05, 0) is 50.7 Å². The van der Waals surface area contributed by atoms with E-state index in [4.69, 9.17) is 0 Å².